The van der Waals surface area contributed by atoms with E-state index < -0.39 is 0 Å². The van der Waals surface area contributed by atoms with Gasteiger partial charge in [-0.05, 0) is 37.0 Å². The van der Waals surface area contributed by atoms with Crippen molar-refractivity contribution in [2.24, 2.45) is 0 Å². The van der Waals surface area contributed by atoms with Crippen LogP contribution in [0, 0.1) is 6.92 Å². The predicted octanol–water partition coefficient (Wildman–Crippen LogP) is 7.15. The fraction of sp³-hybridized carbons (Fsp3) is 0.696. The van der Waals surface area contributed by atoms with Crippen LogP contribution in [0.1, 0.15) is 112 Å². The van der Waals surface area contributed by atoms with E-state index in [4.69, 9.17) is 0 Å². The molecule has 0 aromatic heterocycles. The number of ketones is 1. The van der Waals surface area contributed by atoms with Gasteiger partial charge in [-0.3, -0.25) is 4.79 Å². The third-order valence-corrected chi connectivity index (χ3v) is 5.01. The zero-order valence-electron chi connectivity index (χ0n) is 16.7. The molecule has 2 nitrogen and oxygen atoms in total. The summed E-state index contributed by atoms with van der Waals surface area (Å²) >= 11 is 0. The van der Waals surface area contributed by atoms with Gasteiger partial charge in [-0.15, -0.1) is 0 Å². The Kier molecular flexibility index (Phi) is 11.3. The molecule has 1 aromatic rings. The lowest BCUT2D eigenvalue weighted by Gasteiger charge is -2.11. The van der Waals surface area contributed by atoms with Crippen LogP contribution >= 0.6 is 0 Å². The van der Waals surface area contributed by atoms with Crippen molar-refractivity contribution in [3.8, 4) is 5.75 Å². The molecular formula is C23H38O2. The molecule has 142 valence electrons. The Labute approximate surface area is 155 Å². The van der Waals surface area contributed by atoms with Crippen molar-refractivity contribution in [1.82, 2.24) is 0 Å². The van der Waals surface area contributed by atoms with Gasteiger partial charge in [-0.25, -0.2) is 0 Å². The Balaban J connectivity index is 2.17. The third-order valence-electron chi connectivity index (χ3n) is 5.01. The van der Waals surface area contributed by atoms with Crippen molar-refractivity contribution in [3.05, 3.63) is 28.8 Å². The molecule has 2 heteroatoms. The number of Topliss-reactive ketones (excluding diaryl/α,β-unsaturated/α-hetero) is 1. The van der Waals surface area contributed by atoms with E-state index in [0.29, 0.717) is 12.0 Å². The average molecular weight is 347 g/mol. The second-order valence-electron chi connectivity index (χ2n) is 7.38. The van der Waals surface area contributed by atoms with Crippen LogP contribution in [0.15, 0.2) is 12.1 Å². The van der Waals surface area contributed by atoms with Gasteiger partial charge in [0.1, 0.15) is 5.75 Å². The molecule has 1 rings (SSSR count). The smallest absolute Gasteiger partial charge is 0.166 e. The first-order valence-electron chi connectivity index (χ1n) is 10.5. The topological polar surface area (TPSA) is 37.3 Å². The first-order chi connectivity index (χ1) is 12.1. The highest BCUT2D eigenvalue weighted by Crippen LogP contribution is 2.26. The molecule has 0 saturated heterocycles. The van der Waals surface area contributed by atoms with Crippen molar-refractivity contribution >= 4 is 5.78 Å². The van der Waals surface area contributed by atoms with Gasteiger partial charge >= 0.3 is 0 Å². The quantitative estimate of drug-likeness (QED) is 0.287. The number of unbranched alkanes of at least 4 members (excludes halogenated alkanes) is 10. The Hall–Kier alpha value is -1.31. The number of aryl methyl sites for hydroxylation is 2. The Bertz CT molecular complexity index is 505. The zero-order valence-corrected chi connectivity index (χ0v) is 16.7. The first-order valence-corrected chi connectivity index (χ1v) is 10.5. The van der Waals surface area contributed by atoms with Crippen LogP contribution in [-0.2, 0) is 6.42 Å². The van der Waals surface area contributed by atoms with Gasteiger partial charge in [0.2, 0.25) is 0 Å². The molecule has 0 amide bonds. The molecule has 0 atom stereocenters. The number of carbonyl (C=O) groups excluding carboxylic acids is 1. The molecule has 0 aliphatic carbocycles. The van der Waals surface area contributed by atoms with Crippen molar-refractivity contribution in [1.29, 1.82) is 0 Å². The van der Waals surface area contributed by atoms with Crippen molar-refractivity contribution in [2.75, 3.05) is 0 Å². The summed E-state index contributed by atoms with van der Waals surface area (Å²) in [6, 6.07) is 3.72. The molecule has 1 aromatic carbocycles. The van der Waals surface area contributed by atoms with Gasteiger partial charge in [0.05, 0.1) is 5.56 Å². The van der Waals surface area contributed by atoms with Gasteiger partial charge in [0.15, 0.2) is 5.78 Å². The summed E-state index contributed by atoms with van der Waals surface area (Å²) in [5.41, 5.74) is 2.55. The number of aromatic hydroxyl groups is 1. The molecule has 0 aliphatic heterocycles. The maximum atomic E-state index is 12.5. The van der Waals surface area contributed by atoms with Crippen LogP contribution in [-0.4, -0.2) is 10.9 Å². The number of rotatable bonds is 14. The third kappa shape index (κ3) is 8.56. The van der Waals surface area contributed by atoms with Crippen molar-refractivity contribution in [3.63, 3.8) is 0 Å². The van der Waals surface area contributed by atoms with Crippen LogP contribution in [0.3, 0.4) is 0 Å². The van der Waals surface area contributed by atoms with E-state index in [1.54, 1.807) is 6.07 Å². The van der Waals surface area contributed by atoms with Crippen LogP contribution in [0.5, 0.6) is 5.75 Å². The molecule has 25 heavy (non-hydrogen) atoms. The fourth-order valence-corrected chi connectivity index (χ4v) is 3.52. The lowest BCUT2D eigenvalue weighted by atomic mass is 9.95. The van der Waals surface area contributed by atoms with Crippen LogP contribution < -0.4 is 0 Å². The minimum atomic E-state index is 0.102. The van der Waals surface area contributed by atoms with Crippen LogP contribution in [0.4, 0.5) is 0 Å². The molecule has 1 N–H and O–H groups in total. The van der Waals surface area contributed by atoms with E-state index >= 15 is 0 Å². The lowest BCUT2D eigenvalue weighted by Crippen LogP contribution is -2.04. The molecule has 0 bridgehead atoms. The van der Waals surface area contributed by atoms with Crippen molar-refractivity contribution in [2.45, 2.75) is 104 Å². The monoisotopic (exact) mass is 346 g/mol. The average Bonchev–Trinajstić information content (AvgIpc) is 2.58. The first kappa shape index (κ1) is 21.7. The maximum absolute atomic E-state index is 12.5. The summed E-state index contributed by atoms with van der Waals surface area (Å²) in [6.45, 7) is 6.25. The summed E-state index contributed by atoms with van der Waals surface area (Å²) in [5, 5.41) is 10.1. The van der Waals surface area contributed by atoms with E-state index in [1.807, 2.05) is 19.9 Å². The highest BCUT2D eigenvalue weighted by atomic mass is 16.3. The van der Waals surface area contributed by atoms with Crippen LogP contribution in [0.25, 0.3) is 0 Å². The minimum Gasteiger partial charge on any atom is -0.507 e. The molecule has 0 fully saturated rings. The summed E-state index contributed by atoms with van der Waals surface area (Å²) in [4.78, 5) is 12.5. The Morgan fingerprint density at radius 1 is 0.840 bits per heavy atom. The summed E-state index contributed by atoms with van der Waals surface area (Å²) < 4.78 is 0. The standard InChI is InChI=1S/C23H38O2/c1-4-6-7-8-9-10-11-12-13-14-15-16-21(24)23-20(5-2)17-19(3)18-22(23)25/h17-18,25H,4-16H2,1-3H3. The van der Waals surface area contributed by atoms with Gasteiger partial charge in [-0.2, -0.15) is 0 Å². The van der Waals surface area contributed by atoms with Gasteiger partial charge in [0, 0.05) is 6.42 Å². The summed E-state index contributed by atoms with van der Waals surface area (Å²) in [6.07, 6.45) is 15.5. The van der Waals surface area contributed by atoms with E-state index in [-0.39, 0.29) is 11.5 Å². The highest BCUT2D eigenvalue weighted by molar-refractivity contribution is 6.00. The largest absolute Gasteiger partial charge is 0.507 e. The number of hydrogen-bond acceptors (Lipinski definition) is 2. The number of benzene rings is 1. The van der Waals surface area contributed by atoms with E-state index in [2.05, 4.69) is 6.92 Å². The molecule has 0 saturated carbocycles. The zero-order chi connectivity index (χ0) is 18.5. The molecule has 0 heterocycles. The molecule has 0 radical (unpaired) electrons. The molecule has 0 unspecified atom stereocenters. The lowest BCUT2D eigenvalue weighted by molar-refractivity contribution is 0.0975. The summed E-state index contributed by atoms with van der Waals surface area (Å²) in [7, 11) is 0. The van der Waals surface area contributed by atoms with Crippen LogP contribution in [0.2, 0.25) is 0 Å². The molecule has 0 aliphatic rings. The summed E-state index contributed by atoms with van der Waals surface area (Å²) in [5.74, 6) is 0.259. The number of phenolic OH excluding ortho intramolecular Hbond substituents is 1. The van der Waals surface area contributed by atoms with E-state index in [9.17, 15) is 9.90 Å². The second-order valence-corrected chi connectivity index (χ2v) is 7.38. The number of phenols is 1. The highest BCUT2D eigenvalue weighted by Gasteiger charge is 2.15. The predicted molar refractivity (Wildman–Crippen MR) is 108 cm³/mol. The Morgan fingerprint density at radius 2 is 1.36 bits per heavy atom. The van der Waals surface area contributed by atoms with E-state index in [0.717, 1.165) is 30.4 Å². The normalized spacial score (nSPS) is 11.0. The van der Waals surface area contributed by atoms with Gasteiger partial charge in [0.25, 0.3) is 0 Å². The Morgan fingerprint density at radius 3 is 1.88 bits per heavy atom. The van der Waals surface area contributed by atoms with Gasteiger partial charge < -0.3 is 5.11 Å². The molecule has 0 spiro atoms. The SMILES string of the molecule is CCCCCCCCCCCCCC(=O)c1c(O)cc(C)cc1CC. The van der Waals surface area contributed by atoms with Crippen molar-refractivity contribution < 1.29 is 9.90 Å². The number of hydrogen-bond donors (Lipinski definition) is 1. The number of carbonyl (C=O) groups is 1. The van der Waals surface area contributed by atoms with Gasteiger partial charge in [-0.1, -0.05) is 84.1 Å². The maximum Gasteiger partial charge on any atom is 0.166 e. The minimum absolute atomic E-state index is 0.102. The van der Waals surface area contributed by atoms with E-state index in [1.165, 1.54) is 57.8 Å². The second kappa shape index (κ2) is 13.0. The molecular weight excluding hydrogens is 308 g/mol. The fourth-order valence-electron chi connectivity index (χ4n) is 3.52.